The van der Waals surface area contributed by atoms with Crippen molar-refractivity contribution in [2.24, 2.45) is 11.7 Å². The molecule has 1 aromatic carbocycles. The zero-order valence-electron chi connectivity index (χ0n) is 14.4. The SMILES string of the molecule is CC(C)C(C)(CN)NC(=O)COc1ccccc1OCC(F)(F)F.Cl. The van der Waals surface area contributed by atoms with Gasteiger partial charge in [0.15, 0.2) is 24.7 Å². The number of para-hydroxylation sites is 2. The van der Waals surface area contributed by atoms with Crippen LogP contribution in [-0.4, -0.2) is 37.4 Å². The van der Waals surface area contributed by atoms with Crippen LogP contribution in [0.4, 0.5) is 13.2 Å². The van der Waals surface area contributed by atoms with E-state index in [-0.39, 0.29) is 43.0 Å². The van der Waals surface area contributed by atoms with Gasteiger partial charge in [-0.3, -0.25) is 4.79 Å². The number of halogens is 4. The average molecular weight is 385 g/mol. The van der Waals surface area contributed by atoms with E-state index in [0.29, 0.717) is 0 Å². The van der Waals surface area contributed by atoms with E-state index in [1.165, 1.54) is 18.2 Å². The maximum Gasteiger partial charge on any atom is 0.422 e. The maximum atomic E-state index is 12.2. The first-order valence-corrected chi connectivity index (χ1v) is 7.50. The van der Waals surface area contributed by atoms with Gasteiger partial charge < -0.3 is 20.5 Å². The van der Waals surface area contributed by atoms with Gasteiger partial charge in [0.05, 0.1) is 5.54 Å². The highest BCUT2D eigenvalue weighted by Crippen LogP contribution is 2.28. The molecule has 1 unspecified atom stereocenters. The molecule has 0 aliphatic carbocycles. The van der Waals surface area contributed by atoms with E-state index >= 15 is 0 Å². The fraction of sp³-hybridized carbons (Fsp3) is 0.562. The smallest absolute Gasteiger partial charge is 0.422 e. The van der Waals surface area contributed by atoms with Gasteiger partial charge in [-0.1, -0.05) is 26.0 Å². The van der Waals surface area contributed by atoms with E-state index in [2.05, 4.69) is 5.32 Å². The summed E-state index contributed by atoms with van der Waals surface area (Å²) in [5, 5.41) is 2.78. The number of rotatable bonds is 8. The number of nitrogens with two attached hydrogens (primary N) is 1. The van der Waals surface area contributed by atoms with E-state index in [9.17, 15) is 18.0 Å². The zero-order valence-corrected chi connectivity index (χ0v) is 15.2. The lowest BCUT2D eigenvalue weighted by Gasteiger charge is -2.33. The highest BCUT2D eigenvalue weighted by Gasteiger charge is 2.30. The number of ether oxygens (including phenoxy) is 2. The summed E-state index contributed by atoms with van der Waals surface area (Å²) in [7, 11) is 0. The van der Waals surface area contributed by atoms with Crippen LogP contribution in [0, 0.1) is 5.92 Å². The lowest BCUT2D eigenvalue weighted by Crippen LogP contribution is -2.56. The van der Waals surface area contributed by atoms with Gasteiger partial charge in [-0.2, -0.15) is 13.2 Å². The van der Waals surface area contributed by atoms with Crippen molar-refractivity contribution in [2.75, 3.05) is 19.8 Å². The Kier molecular flexibility index (Phi) is 9.07. The number of hydrogen-bond acceptors (Lipinski definition) is 4. The van der Waals surface area contributed by atoms with Gasteiger partial charge in [0.25, 0.3) is 5.91 Å². The molecule has 3 N–H and O–H groups in total. The van der Waals surface area contributed by atoms with Gasteiger partial charge in [0, 0.05) is 6.54 Å². The summed E-state index contributed by atoms with van der Waals surface area (Å²) in [5.41, 5.74) is 5.10. The van der Waals surface area contributed by atoms with Crippen LogP contribution in [0.5, 0.6) is 11.5 Å². The summed E-state index contributed by atoms with van der Waals surface area (Å²) in [6, 6.07) is 5.87. The molecular formula is C16H24ClF3N2O3. The fourth-order valence-corrected chi connectivity index (χ4v) is 1.78. The molecule has 0 bridgehead atoms. The molecule has 1 atom stereocenters. The summed E-state index contributed by atoms with van der Waals surface area (Å²) in [5.74, 6) is -0.319. The molecule has 1 aromatic rings. The molecule has 0 fully saturated rings. The Hall–Kier alpha value is -1.67. The molecule has 0 saturated heterocycles. The molecule has 1 amide bonds. The normalized spacial score (nSPS) is 13.6. The summed E-state index contributed by atoms with van der Waals surface area (Å²) in [6.07, 6.45) is -4.45. The first-order chi connectivity index (χ1) is 11.1. The highest BCUT2D eigenvalue weighted by molar-refractivity contribution is 5.85. The summed E-state index contributed by atoms with van der Waals surface area (Å²) < 4.78 is 46.7. The van der Waals surface area contributed by atoms with Crippen molar-refractivity contribution in [3.63, 3.8) is 0 Å². The maximum absolute atomic E-state index is 12.2. The molecule has 0 aromatic heterocycles. The molecule has 0 aliphatic rings. The van der Waals surface area contributed by atoms with Gasteiger partial charge in [-0.25, -0.2) is 0 Å². The van der Waals surface area contributed by atoms with Gasteiger partial charge in [0.1, 0.15) is 0 Å². The van der Waals surface area contributed by atoms with Gasteiger partial charge in [-0.05, 0) is 25.0 Å². The van der Waals surface area contributed by atoms with Crippen LogP contribution >= 0.6 is 12.4 Å². The van der Waals surface area contributed by atoms with Crippen molar-refractivity contribution >= 4 is 18.3 Å². The fourth-order valence-electron chi connectivity index (χ4n) is 1.78. The Balaban J connectivity index is 0.00000576. The van der Waals surface area contributed by atoms with Crippen LogP contribution in [0.15, 0.2) is 24.3 Å². The molecule has 0 saturated carbocycles. The minimum absolute atomic E-state index is 0. The minimum atomic E-state index is -4.45. The highest BCUT2D eigenvalue weighted by atomic mass is 35.5. The molecule has 9 heteroatoms. The van der Waals surface area contributed by atoms with Crippen molar-refractivity contribution in [3.8, 4) is 11.5 Å². The third kappa shape index (κ3) is 7.83. The lowest BCUT2D eigenvalue weighted by molar-refractivity contribution is -0.153. The van der Waals surface area contributed by atoms with Crippen LogP contribution in [0.25, 0.3) is 0 Å². The predicted octanol–water partition coefficient (Wildman–Crippen LogP) is 2.92. The van der Waals surface area contributed by atoms with Crippen molar-refractivity contribution in [1.29, 1.82) is 0 Å². The van der Waals surface area contributed by atoms with E-state index in [1.54, 1.807) is 6.07 Å². The second-order valence-electron chi connectivity index (χ2n) is 5.96. The number of alkyl halides is 3. The standard InChI is InChI=1S/C16H23F3N2O3.ClH/c1-11(2)15(3,9-20)21-14(22)8-23-12-6-4-5-7-13(12)24-10-16(17,18)19;/h4-7,11H,8-10,20H2,1-3H3,(H,21,22);1H. The number of benzene rings is 1. The Morgan fingerprint density at radius 3 is 2.16 bits per heavy atom. The number of hydrogen-bond donors (Lipinski definition) is 2. The zero-order chi connectivity index (χ0) is 18.4. The minimum Gasteiger partial charge on any atom is -0.480 e. The predicted molar refractivity (Wildman–Crippen MR) is 91.2 cm³/mol. The first kappa shape index (κ1) is 23.3. The number of carbonyl (C=O) groups excluding carboxylic acids is 1. The monoisotopic (exact) mass is 384 g/mol. The van der Waals surface area contributed by atoms with E-state index in [4.69, 9.17) is 15.2 Å². The van der Waals surface area contributed by atoms with Gasteiger partial charge in [-0.15, -0.1) is 12.4 Å². The first-order valence-electron chi connectivity index (χ1n) is 7.50. The number of amides is 1. The second-order valence-corrected chi connectivity index (χ2v) is 5.96. The van der Waals surface area contributed by atoms with E-state index < -0.39 is 24.2 Å². The van der Waals surface area contributed by atoms with Gasteiger partial charge >= 0.3 is 6.18 Å². The molecule has 1 rings (SSSR count). The summed E-state index contributed by atoms with van der Waals surface area (Å²) in [4.78, 5) is 12.0. The van der Waals surface area contributed by atoms with Crippen LogP contribution in [0.1, 0.15) is 20.8 Å². The molecule has 5 nitrogen and oxygen atoms in total. The molecule has 0 aliphatic heterocycles. The largest absolute Gasteiger partial charge is 0.480 e. The third-order valence-electron chi connectivity index (χ3n) is 3.72. The quantitative estimate of drug-likeness (QED) is 0.722. The number of nitrogens with one attached hydrogen (secondary N) is 1. The van der Waals surface area contributed by atoms with Crippen molar-refractivity contribution in [3.05, 3.63) is 24.3 Å². The van der Waals surface area contributed by atoms with Crippen molar-refractivity contribution < 1.29 is 27.4 Å². The topological polar surface area (TPSA) is 73.6 Å². The van der Waals surface area contributed by atoms with Crippen molar-refractivity contribution in [1.82, 2.24) is 5.32 Å². The third-order valence-corrected chi connectivity index (χ3v) is 3.72. The summed E-state index contributed by atoms with van der Waals surface area (Å²) >= 11 is 0. The molecule has 0 heterocycles. The van der Waals surface area contributed by atoms with Crippen LogP contribution < -0.4 is 20.5 Å². The molecular weight excluding hydrogens is 361 g/mol. The number of carbonyl (C=O) groups is 1. The van der Waals surface area contributed by atoms with Crippen LogP contribution in [0.3, 0.4) is 0 Å². The lowest BCUT2D eigenvalue weighted by atomic mass is 9.88. The van der Waals surface area contributed by atoms with Crippen LogP contribution in [-0.2, 0) is 4.79 Å². The van der Waals surface area contributed by atoms with Gasteiger partial charge in [0.2, 0.25) is 0 Å². The average Bonchev–Trinajstić information content (AvgIpc) is 2.50. The second kappa shape index (κ2) is 9.72. The van der Waals surface area contributed by atoms with E-state index in [0.717, 1.165) is 0 Å². The summed E-state index contributed by atoms with van der Waals surface area (Å²) in [6.45, 7) is 4.13. The Labute approximate surface area is 151 Å². The Morgan fingerprint density at radius 1 is 1.20 bits per heavy atom. The molecule has 0 spiro atoms. The van der Waals surface area contributed by atoms with Crippen LogP contribution in [0.2, 0.25) is 0 Å². The Bertz CT molecular complexity index is 556. The van der Waals surface area contributed by atoms with E-state index in [1.807, 2.05) is 20.8 Å². The molecule has 144 valence electrons. The Morgan fingerprint density at radius 2 is 1.72 bits per heavy atom. The molecule has 25 heavy (non-hydrogen) atoms. The van der Waals surface area contributed by atoms with Crippen molar-refractivity contribution in [2.45, 2.75) is 32.5 Å². The molecule has 0 radical (unpaired) electrons.